The normalized spacial score (nSPS) is 21.2. The zero-order chi connectivity index (χ0) is 12.6. The predicted octanol–water partition coefficient (Wildman–Crippen LogP) is 2.56. The molecule has 18 heavy (non-hydrogen) atoms. The van der Waals surface area contributed by atoms with Crippen molar-refractivity contribution in [2.45, 2.75) is 6.04 Å². The average Bonchev–Trinajstić information content (AvgIpc) is 2.69. The molecule has 1 atom stereocenters. The smallest absolute Gasteiger partial charge is 0.173 e. The number of nitrogens with one attached hydrogen (secondary N) is 1. The first kappa shape index (κ1) is 11.3. The van der Waals surface area contributed by atoms with Crippen molar-refractivity contribution in [3.05, 3.63) is 53.9 Å². The van der Waals surface area contributed by atoms with E-state index in [1.54, 1.807) is 6.08 Å². The lowest BCUT2D eigenvalue weighted by Crippen LogP contribution is -2.20. The van der Waals surface area contributed by atoms with Crippen LogP contribution >= 0.6 is 0 Å². The number of rotatable bonds is 2. The van der Waals surface area contributed by atoms with E-state index in [0.29, 0.717) is 0 Å². The van der Waals surface area contributed by atoms with E-state index in [2.05, 4.69) is 5.32 Å². The second-order valence-electron chi connectivity index (χ2n) is 4.44. The fourth-order valence-corrected chi connectivity index (χ4v) is 3.45. The molecule has 3 nitrogen and oxygen atoms in total. The lowest BCUT2D eigenvalue weighted by molar-refractivity contribution is 0.605. The van der Waals surface area contributed by atoms with Crippen molar-refractivity contribution >= 4 is 26.3 Å². The first-order valence-corrected chi connectivity index (χ1v) is 7.51. The molecule has 0 aliphatic carbocycles. The van der Waals surface area contributed by atoms with Crippen molar-refractivity contribution in [3.8, 4) is 0 Å². The van der Waals surface area contributed by atoms with Crippen LogP contribution in [0, 0.1) is 0 Å². The predicted molar refractivity (Wildman–Crippen MR) is 74.3 cm³/mol. The molecule has 1 N–H and O–H groups in total. The molecule has 2 aromatic carbocycles. The summed E-state index contributed by atoms with van der Waals surface area (Å²) in [6.45, 7) is 0. The quantitative estimate of drug-likeness (QED) is 0.901. The maximum absolute atomic E-state index is 11.4. The van der Waals surface area contributed by atoms with Gasteiger partial charge in [0.05, 0.1) is 11.8 Å². The van der Waals surface area contributed by atoms with Crippen molar-refractivity contribution in [2.24, 2.45) is 0 Å². The van der Waals surface area contributed by atoms with Crippen LogP contribution in [0.15, 0.2) is 53.9 Å². The van der Waals surface area contributed by atoms with Gasteiger partial charge in [-0.25, -0.2) is 8.42 Å². The molecule has 0 amide bonds. The molecule has 0 saturated heterocycles. The van der Waals surface area contributed by atoms with Crippen molar-refractivity contribution in [3.63, 3.8) is 0 Å². The van der Waals surface area contributed by atoms with Crippen LogP contribution in [-0.4, -0.2) is 20.2 Å². The van der Waals surface area contributed by atoms with E-state index in [1.807, 2.05) is 42.5 Å². The third-order valence-electron chi connectivity index (χ3n) is 3.06. The van der Waals surface area contributed by atoms with Crippen LogP contribution in [0.3, 0.4) is 0 Å². The highest BCUT2D eigenvalue weighted by atomic mass is 32.2. The lowest BCUT2D eigenvalue weighted by Gasteiger charge is -2.13. The summed E-state index contributed by atoms with van der Waals surface area (Å²) in [5.41, 5.74) is 0.972. The van der Waals surface area contributed by atoms with Gasteiger partial charge in [0.1, 0.15) is 0 Å². The third kappa shape index (κ3) is 2.11. The summed E-state index contributed by atoms with van der Waals surface area (Å²) >= 11 is 0. The Balaban J connectivity index is 1.94. The zero-order valence-corrected chi connectivity index (χ0v) is 10.5. The summed E-state index contributed by atoms with van der Waals surface area (Å²) in [6.07, 6.45) is 1.71. The number of sulfone groups is 1. The van der Waals surface area contributed by atoms with Crippen LogP contribution in [-0.2, 0) is 9.84 Å². The van der Waals surface area contributed by atoms with Crippen LogP contribution in [0.25, 0.3) is 10.8 Å². The zero-order valence-electron chi connectivity index (χ0n) is 9.71. The van der Waals surface area contributed by atoms with E-state index in [4.69, 9.17) is 0 Å². The summed E-state index contributed by atoms with van der Waals surface area (Å²) in [5.74, 6) is 0.135. The molecule has 0 saturated carbocycles. The molecule has 0 radical (unpaired) electrons. The monoisotopic (exact) mass is 259 g/mol. The summed E-state index contributed by atoms with van der Waals surface area (Å²) in [5, 5.41) is 6.82. The maximum atomic E-state index is 11.4. The first-order chi connectivity index (χ1) is 8.64. The van der Waals surface area contributed by atoms with Gasteiger partial charge in [-0.2, -0.15) is 0 Å². The number of hydrogen-bond acceptors (Lipinski definition) is 3. The Morgan fingerprint density at radius 3 is 2.61 bits per heavy atom. The van der Waals surface area contributed by atoms with Gasteiger partial charge in [-0.1, -0.05) is 42.5 Å². The Morgan fingerprint density at radius 2 is 1.83 bits per heavy atom. The molecule has 3 rings (SSSR count). The molecule has 1 heterocycles. The molecular formula is C14H13NO2S. The average molecular weight is 259 g/mol. The van der Waals surface area contributed by atoms with Gasteiger partial charge >= 0.3 is 0 Å². The van der Waals surface area contributed by atoms with Gasteiger partial charge in [0.25, 0.3) is 0 Å². The molecule has 0 fully saturated rings. The minimum absolute atomic E-state index is 0.135. The fraction of sp³-hybridized carbons (Fsp3) is 0.143. The van der Waals surface area contributed by atoms with Crippen LogP contribution in [0.5, 0.6) is 0 Å². The Kier molecular flexibility index (Phi) is 2.59. The molecule has 0 bridgehead atoms. The van der Waals surface area contributed by atoms with Gasteiger partial charge < -0.3 is 5.32 Å². The molecule has 1 aliphatic rings. The molecule has 0 spiro atoms. The second kappa shape index (κ2) is 4.14. The number of hydrogen-bond donors (Lipinski definition) is 1. The van der Waals surface area contributed by atoms with Crippen molar-refractivity contribution in [1.82, 2.24) is 0 Å². The molecule has 0 unspecified atom stereocenters. The SMILES string of the molecule is O=S1(=O)C=C[C@H](Nc2cccc3ccccc23)C1. The Morgan fingerprint density at radius 1 is 1.06 bits per heavy atom. The van der Waals surface area contributed by atoms with Gasteiger partial charge in [0, 0.05) is 16.5 Å². The van der Waals surface area contributed by atoms with E-state index in [9.17, 15) is 8.42 Å². The topological polar surface area (TPSA) is 46.2 Å². The largest absolute Gasteiger partial charge is 0.377 e. The van der Waals surface area contributed by atoms with E-state index < -0.39 is 9.84 Å². The number of fused-ring (bicyclic) bond motifs is 1. The van der Waals surface area contributed by atoms with Crippen LogP contribution < -0.4 is 5.32 Å². The summed E-state index contributed by atoms with van der Waals surface area (Å²) < 4.78 is 22.7. The Bertz CT molecular complexity index is 714. The molecule has 92 valence electrons. The number of benzene rings is 2. The van der Waals surface area contributed by atoms with Crippen LogP contribution in [0.1, 0.15) is 0 Å². The van der Waals surface area contributed by atoms with E-state index in [1.165, 1.54) is 5.41 Å². The highest BCUT2D eigenvalue weighted by molar-refractivity contribution is 7.94. The van der Waals surface area contributed by atoms with Gasteiger partial charge in [0.2, 0.25) is 0 Å². The second-order valence-corrected chi connectivity index (χ2v) is 6.37. The van der Waals surface area contributed by atoms with Crippen LogP contribution in [0.4, 0.5) is 5.69 Å². The standard InChI is InChI=1S/C14H13NO2S/c16-18(17)9-8-12(10-18)15-14-7-3-5-11-4-1-2-6-13(11)14/h1-9,12,15H,10H2/t12-/m0/s1. The van der Waals surface area contributed by atoms with Gasteiger partial charge in [-0.3, -0.25) is 0 Å². The maximum Gasteiger partial charge on any atom is 0.173 e. The minimum atomic E-state index is -3.01. The summed E-state index contributed by atoms with van der Waals surface area (Å²) in [6, 6.07) is 13.9. The Hall–Kier alpha value is -1.81. The number of anilines is 1. The molecule has 0 aromatic heterocycles. The van der Waals surface area contributed by atoms with Crippen LogP contribution in [0.2, 0.25) is 0 Å². The third-order valence-corrected chi connectivity index (χ3v) is 4.46. The van der Waals surface area contributed by atoms with E-state index >= 15 is 0 Å². The molecular weight excluding hydrogens is 246 g/mol. The summed E-state index contributed by atoms with van der Waals surface area (Å²) in [4.78, 5) is 0. The van der Waals surface area contributed by atoms with Crippen molar-refractivity contribution in [1.29, 1.82) is 0 Å². The molecule has 4 heteroatoms. The molecule has 1 aliphatic heterocycles. The Labute approximate surface area is 106 Å². The van der Waals surface area contributed by atoms with Gasteiger partial charge in [0.15, 0.2) is 9.84 Å². The lowest BCUT2D eigenvalue weighted by atomic mass is 10.1. The fourth-order valence-electron chi connectivity index (χ4n) is 2.22. The van der Waals surface area contributed by atoms with Crippen molar-refractivity contribution in [2.75, 3.05) is 11.1 Å². The summed E-state index contributed by atoms with van der Waals surface area (Å²) in [7, 11) is -3.01. The van der Waals surface area contributed by atoms with E-state index in [-0.39, 0.29) is 11.8 Å². The van der Waals surface area contributed by atoms with E-state index in [0.717, 1.165) is 16.5 Å². The minimum Gasteiger partial charge on any atom is -0.377 e. The highest BCUT2D eigenvalue weighted by Crippen LogP contribution is 2.24. The van der Waals surface area contributed by atoms with Crippen molar-refractivity contribution < 1.29 is 8.42 Å². The highest BCUT2D eigenvalue weighted by Gasteiger charge is 2.21. The van der Waals surface area contributed by atoms with Gasteiger partial charge in [-0.05, 0) is 11.5 Å². The molecule has 2 aromatic rings. The first-order valence-electron chi connectivity index (χ1n) is 5.79. The van der Waals surface area contributed by atoms with Gasteiger partial charge in [-0.15, -0.1) is 0 Å².